The molecule has 1 amide bonds. The number of hydrazone groups is 1. The number of hydrogen-bond donors (Lipinski definition) is 1. The molecule has 2 aromatic carbocycles. The fourth-order valence-corrected chi connectivity index (χ4v) is 3.55. The van der Waals surface area contributed by atoms with E-state index in [9.17, 15) is 18.4 Å². The van der Waals surface area contributed by atoms with Gasteiger partial charge in [0.15, 0.2) is 5.78 Å². The number of nitrogens with zero attached hydrogens (tertiary/aromatic N) is 2. The molecule has 29 heavy (non-hydrogen) atoms. The van der Waals surface area contributed by atoms with Gasteiger partial charge in [-0.2, -0.15) is 10.1 Å². The number of ketones is 1. The van der Waals surface area contributed by atoms with Gasteiger partial charge in [0.05, 0.1) is 11.4 Å². The Labute approximate surface area is 166 Å². The number of amides is 1. The highest BCUT2D eigenvalue weighted by Crippen LogP contribution is 2.30. The van der Waals surface area contributed by atoms with E-state index in [-0.39, 0.29) is 17.8 Å². The Morgan fingerprint density at radius 1 is 1.21 bits per heavy atom. The average molecular weight is 395 g/mol. The molecule has 0 fully saturated rings. The summed E-state index contributed by atoms with van der Waals surface area (Å²) >= 11 is 0. The van der Waals surface area contributed by atoms with E-state index in [0.29, 0.717) is 17.0 Å². The van der Waals surface area contributed by atoms with E-state index in [1.54, 1.807) is 25.3 Å². The second-order valence-electron chi connectivity index (χ2n) is 7.31. The van der Waals surface area contributed by atoms with Crippen molar-refractivity contribution in [2.75, 3.05) is 5.01 Å². The van der Waals surface area contributed by atoms with Crippen LogP contribution in [0.5, 0.6) is 0 Å². The molecule has 0 saturated carbocycles. The van der Waals surface area contributed by atoms with E-state index in [1.807, 2.05) is 18.2 Å². The number of halogens is 2. The van der Waals surface area contributed by atoms with Gasteiger partial charge < -0.3 is 4.98 Å². The van der Waals surface area contributed by atoms with Gasteiger partial charge >= 0.3 is 0 Å². The number of rotatable bonds is 5. The topological polar surface area (TPSA) is 65.5 Å². The number of H-pyrrole nitrogens is 1. The van der Waals surface area contributed by atoms with Crippen molar-refractivity contribution in [2.45, 2.75) is 26.2 Å². The molecule has 3 aromatic rings. The fourth-order valence-electron chi connectivity index (χ4n) is 3.55. The van der Waals surface area contributed by atoms with Crippen LogP contribution in [-0.2, 0) is 21.9 Å². The Bertz CT molecular complexity index is 1140. The maximum atomic E-state index is 13.6. The Hall–Kier alpha value is -3.35. The van der Waals surface area contributed by atoms with Gasteiger partial charge in [-0.25, -0.2) is 8.78 Å². The lowest BCUT2D eigenvalue weighted by Crippen LogP contribution is -2.33. The number of hydrogen-bond acceptors (Lipinski definition) is 3. The predicted octanol–water partition coefficient (Wildman–Crippen LogP) is 4.43. The molecule has 2 heterocycles. The minimum absolute atomic E-state index is 0.113. The Balaban J connectivity index is 1.55. The number of anilines is 1. The lowest BCUT2D eigenvalue weighted by Gasteiger charge is -2.15. The molecule has 148 valence electrons. The third kappa shape index (κ3) is 3.55. The first-order valence-corrected chi connectivity index (χ1v) is 9.20. The second-order valence-corrected chi connectivity index (χ2v) is 7.31. The van der Waals surface area contributed by atoms with Gasteiger partial charge in [-0.15, -0.1) is 0 Å². The molecule has 1 unspecified atom stereocenters. The van der Waals surface area contributed by atoms with Gasteiger partial charge in [-0.1, -0.05) is 18.2 Å². The van der Waals surface area contributed by atoms with Crippen LogP contribution in [0.15, 0.2) is 59.8 Å². The first kappa shape index (κ1) is 19.0. The molecule has 1 aliphatic heterocycles. The van der Waals surface area contributed by atoms with E-state index < -0.39 is 17.7 Å². The number of carbonyl (C=O) groups is 2. The number of fused-ring (bicyclic) bond motifs is 1. The molecule has 7 heteroatoms. The number of benzene rings is 2. The van der Waals surface area contributed by atoms with Crippen LogP contribution in [0.4, 0.5) is 14.5 Å². The van der Waals surface area contributed by atoms with Crippen LogP contribution in [0, 0.1) is 5.92 Å². The highest BCUT2D eigenvalue weighted by atomic mass is 19.3. The summed E-state index contributed by atoms with van der Waals surface area (Å²) in [6, 6.07) is 13.0. The lowest BCUT2D eigenvalue weighted by molar-refractivity contribution is -0.128. The standard InChI is InChI=1S/C22H19F2N3O2/c1-13-20(19(28)11-14-4-3-5-16(10-14)22(2,23)24)21(29)27(26-13)17-6-7-18-15(12-17)8-9-25-18/h3-10,12,20,25H,11H2,1-2H3. The van der Waals surface area contributed by atoms with Crippen LogP contribution in [-0.4, -0.2) is 22.4 Å². The quantitative estimate of drug-likeness (QED) is 0.650. The molecule has 1 aliphatic rings. The molecule has 5 nitrogen and oxygen atoms in total. The number of Topliss-reactive ketones (excluding diaryl/α,β-unsaturated/α-hetero) is 1. The third-order valence-corrected chi connectivity index (χ3v) is 5.05. The monoisotopic (exact) mass is 395 g/mol. The zero-order chi connectivity index (χ0) is 20.8. The summed E-state index contributed by atoms with van der Waals surface area (Å²) < 4.78 is 27.1. The summed E-state index contributed by atoms with van der Waals surface area (Å²) in [5.74, 6) is -4.80. The molecule has 0 spiro atoms. The average Bonchev–Trinajstić information content (AvgIpc) is 3.24. The van der Waals surface area contributed by atoms with Crippen molar-refractivity contribution in [3.8, 4) is 0 Å². The van der Waals surface area contributed by atoms with Crippen molar-refractivity contribution < 1.29 is 18.4 Å². The van der Waals surface area contributed by atoms with Crippen molar-refractivity contribution in [1.29, 1.82) is 0 Å². The zero-order valence-corrected chi connectivity index (χ0v) is 15.9. The second kappa shape index (κ2) is 6.92. The van der Waals surface area contributed by atoms with Crippen LogP contribution >= 0.6 is 0 Å². The number of alkyl halides is 2. The SMILES string of the molecule is CC1=NN(c2ccc3[nH]ccc3c2)C(=O)C1C(=O)Cc1cccc(C(C)(F)F)c1. The van der Waals surface area contributed by atoms with Gasteiger partial charge in [-0.3, -0.25) is 9.59 Å². The van der Waals surface area contributed by atoms with Gasteiger partial charge in [0, 0.05) is 36.0 Å². The minimum atomic E-state index is -2.99. The largest absolute Gasteiger partial charge is 0.361 e. The van der Waals surface area contributed by atoms with Crippen molar-refractivity contribution in [3.05, 3.63) is 65.9 Å². The van der Waals surface area contributed by atoms with Gasteiger partial charge in [0.2, 0.25) is 0 Å². The molecule has 1 aromatic heterocycles. The van der Waals surface area contributed by atoms with Crippen molar-refractivity contribution in [2.24, 2.45) is 11.0 Å². The van der Waals surface area contributed by atoms with E-state index in [2.05, 4.69) is 10.1 Å². The summed E-state index contributed by atoms with van der Waals surface area (Å²) in [5, 5.41) is 6.44. The fraction of sp³-hybridized carbons (Fsp3) is 0.227. The lowest BCUT2D eigenvalue weighted by atomic mass is 9.93. The molecule has 1 atom stereocenters. The molecule has 0 radical (unpaired) electrons. The normalized spacial score (nSPS) is 17.1. The van der Waals surface area contributed by atoms with E-state index >= 15 is 0 Å². The summed E-state index contributed by atoms with van der Waals surface area (Å²) in [5.41, 5.74) is 2.19. The number of nitrogens with one attached hydrogen (secondary N) is 1. The zero-order valence-electron chi connectivity index (χ0n) is 15.9. The minimum Gasteiger partial charge on any atom is -0.361 e. The first-order chi connectivity index (χ1) is 13.7. The molecular formula is C22H19F2N3O2. The first-order valence-electron chi connectivity index (χ1n) is 9.20. The number of aromatic nitrogens is 1. The van der Waals surface area contributed by atoms with E-state index in [1.165, 1.54) is 23.2 Å². The third-order valence-electron chi connectivity index (χ3n) is 5.05. The van der Waals surface area contributed by atoms with Gasteiger partial charge in [0.1, 0.15) is 5.92 Å². The van der Waals surface area contributed by atoms with Crippen molar-refractivity contribution in [1.82, 2.24) is 4.98 Å². The molecule has 0 aliphatic carbocycles. The summed E-state index contributed by atoms with van der Waals surface area (Å²) in [6.07, 6.45) is 1.69. The van der Waals surface area contributed by atoms with Crippen LogP contribution in [0.3, 0.4) is 0 Å². The summed E-state index contributed by atoms with van der Waals surface area (Å²) in [6.45, 7) is 2.44. The summed E-state index contributed by atoms with van der Waals surface area (Å²) in [4.78, 5) is 28.8. The Kier molecular flexibility index (Phi) is 4.53. The van der Waals surface area contributed by atoms with Gasteiger partial charge in [0.25, 0.3) is 11.8 Å². The predicted molar refractivity (Wildman–Crippen MR) is 107 cm³/mol. The highest BCUT2D eigenvalue weighted by Gasteiger charge is 2.39. The summed E-state index contributed by atoms with van der Waals surface area (Å²) in [7, 11) is 0. The van der Waals surface area contributed by atoms with Crippen molar-refractivity contribution >= 4 is 34.0 Å². The van der Waals surface area contributed by atoms with Crippen molar-refractivity contribution in [3.63, 3.8) is 0 Å². The Morgan fingerprint density at radius 3 is 2.76 bits per heavy atom. The molecule has 0 saturated heterocycles. The molecule has 1 N–H and O–H groups in total. The maximum absolute atomic E-state index is 13.6. The number of carbonyl (C=O) groups excluding carboxylic acids is 2. The van der Waals surface area contributed by atoms with Crippen LogP contribution < -0.4 is 5.01 Å². The molecule has 0 bridgehead atoms. The highest BCUT2D eigenvalue weighted by molar-refractivity contribution is 6.27. The van der Waals surface area contributed by atoms with E-state index in [4.69, 9.17) is 0 Å². The molecule has 4 rings (SSSR count). The van der Waals surface area contributed by atoms with E-state index in [0.717, 1.165) is 17.8 Å². The Morgan fingerprint density at radius 2 is 2.00 bits per heavy atom. The smallest absolute Gasteiger partial charge is 0.270 e. The maximum Gasteiger partial charge on any atom is 0.270 e. The van der Waals surface area contributed by atoms with Crippen LogP contribution in [0.25, 0.3) is 10.9 Å². The van der Waals surface area contributed by atoms with Crippen LogP contribution in [0.1, 0.15) is 25.0 Å². The van der Waals surface area contributed by atoms with Crippen LogP contribution in [0.2, 0.25) is 0 Å². The number of aromatic amines is 1. The molecular weight excluding hydrogens is 376 g/mol. The van der Waals surface area contributed by atoms with Gasteiger partial charge in [-0.05, 0) is 42.8 Å².